The second-order valence-corrected chi connectivity index (χ2v) is 2.60. The topological polar surface area (TPSA) is 104 Å². The lowest BCUT2D eigenvalue weighted by atomic mass is 9.87. The Morgan fingerprint density at radius 3 is 2.71 bits per heavy atom. The SMILES string of the molecule is N#C/C(C=N)=C/c1ccc(B(O)O)[nH]1. The quantitative estimate of drug-likeness (QED) is 0.285. The molecule has 0 aromatic carbocycles. The van der Waals surface area contributed by atoms with Crippen molar-refractivity contribution in [2.45, 2.75) is 0 Å². The molecule has 14 heavy (non-hydrogen) atoms. The number of hydrogen-bond donors (Lipinski definition) is 4. The van der Waals surface area contributed by atoms with E-state index >= 15 is 0 Å². The van der Waals surface area contributed by atoms with Gasteiger partial charge in [-0.05, 0) is 18.2 Å². The zero-order valence-corrected chi connectivity index (χ0v) is 7.23. The highest BCUT2D eigenvalue weighted by Crippen LogP contribution is 2.00. The van der Waals surface area contributed by atoms with E-state index in [4.69, 9.17) is 20.7 Å². The average Bonchev–Trinajstić information content (AvgIpc) is 2.62. The molecule has 0 spiro atoms. The highest BCUT2D eigenvalue weighted by atomic mass is 16.4. The first-order valence-electron chi connectivity index (χ1n) is 3.84. The molecule has 1 rings (SSSR count). The maximum absolute atomic E-state index is 8.78. The van der Waals surface area contributed by atoms with Gasteiger partial charge in [-0.1, -0.05) is 0 Å². The molecule has 0 saturated heterocycles. The van der Waals surface area contributed by atoms with Crippen LogP contribution >= 0.6 is 0 Å². The van der Waals surface area contributed by atoms with Gasteiger partial charge in [-0.3, -0.25) is 0 Å². The van der Waals surface area contributed by atoms with Crippen LogP contribution in [-0.4, -0.2) is 28.4 Å². The number of aromatic nitrogens is 1. The van der Waals surface area contributed by atoms with E-state index < -0.39 is 7.12 Å². The van der Waals surface area contributed by atoms with Gasteiger partial charge in [-0.25, -0.2) is 0 Å². The Kier molecular flexibility index (Phi) is 3.23. The summed E-state index contributed by atoms with van der Waals surface area (Å²) in [5.41, 5.74) is 0.984. The van der Waals surface area contributed by atoms with E-state index in [1.54, 1.807) is 6.07 Å². The van der Waals surface area contributed by atoms with Crippen LogP contribution in [0, 0.1) is 16.7 Å². The van der Waals surface area contributed by atoms with Crippen molar-refractivity contribution < 1.29 is 10.0 Å². The van der Waals surface area contributed by atoms with Crippen molar-refractivity contribution in [3.05, 3.63) is 23.4 Å². The minimum absolute atomic E-state index is 0.186. The first-order valence-corrected chi connectivity index (χ1v) is 3.84. The van der Waals surface area contributed by atoms with Gasteiger partial charge in [0.05, 0.1) is 5.57 Å². The molecular weight excluding hydrogens is 181 g/mol. The molecule has 0 saturated carbocycles. The second-order valence-electron chi connectivity index (χ2n) is 2.60. The summed E-state index contributed by atoms with van der Waals surface area (Å²) in [7, 11) is -1.55. The Labute approximate surface area is 81.0 Å². The highest BCUT2D eigenvalue weighted by molar-refractivity contribution is 6.57. The third kappa shape index (κ3) is 2.32. The van der Waals surface area contributed by atoms with Crippen molar-refractivity contribution in [3.63, 3.8) is 0 Å². The van der Waals surface area contributed by atoms with Crippen LogP contribution in [0.2, 0.25) is 0 Å². The maximum atomic E-state index is 8.78. The molecule has 0 amide bonds. The zero-order chi connectivity index (χ0) is 10.6. The highest BCUT2D eigenvalue weighted by Gasteiger charge is 2.11. The molecule has 0 atom stereocenters. The standard InChI is InChI=1S/C8H8BN3O2/c10-4-6(5-11)3-7-1-2-8(12-7)9(13)14/h1-4,10,12-14H/b6-3+,10-4?. The number of aromatic amines is 1. The van der Waals surface area contributed by atoms with Crippen LogP contribution in [0.15, 0.2) is 17.7 Å². The summed E-state index contributed by atoms with van der Waals surface area (Å²) in [6, 6.07) is 4.90. The molecule has 0 radical (unpaired) electrons. The first kappa shape index (κ1) is 10.2. The monoisotopic (exact) mass is 189 g/mol. The Balaban J connectivity index is 2.94. The third-order valence-electron chi connectivity index (χ3n) is 1.60. The van der Waals surface area contributed by atoms with E-state index in [2.05, 4.69) is 4.98 Å². The number of nitrogens with zero attached hydrogens (tertiary/aromatic N) is 1. The number of nitrogens with one attached hydrogen (secondary N) is 2. The van der Waals surface area contributed by atoms with Crippen LogP contribution in [0.1, 0.15) is 5.69 Å². The van der Waals surface area contributed by atoms with Crippen molar-refractivity contribution >= 4 is 25.0 Å². The summed E-state index contributed by atoms with van der Waals surface area (Å²) in [4.78, 5) is 2.68. The Hall–Kier alpha value is -1.84. The molecule has 0 aliphatic rings. The smallest absolute Gasteiger partial charge is 0.422 e. The number of hydrogen-bond acceptors (Lipinski definition) is 4. The molecule has 70 valence electrons. The summed E-state index contributed by atoms with van der Waals surface area (Å²) < 4.78 is 0. The normalized spacial score (nSPS) is 10.8. The van der Waals surface area contributed by atoms with E-state index in [9.17, 15) is 0 Å². The molecule has 0 aliphatic heterocycles. The lowest BCUT2D eigenvalue weighted by Crippen LogP contribution is -2.30. The Morgan fingerprint density at radius 1 is 1.57 bits per heavy atom. The second kappa shape index (κ2) is 4.41. The van der Waals surface area contributed by atoms with Gasteiger partial charge in [0.2, 0.25) is 0 Å². The van der Waals surface area contributed by atoms with Crippen LogP contribution in [0.4, 0.5) is 0 Å². The summed E-state index contributed by atoms with van der Waals surface area (Å²) in [5, 5.41) is 33.0. The molecule has 4 N–H and O–H groups in total. The van der Waals surface area contributed by atoms with Gasteiger partial charge >= 0.3 is 7.12 Å². The van der Waals surface area contributed by atoms with Crippen LogP contribution < -0.4 is 5.59 Å². The molecule has 0 unspecified atom stereocenters. The molecule has 0 fully saturated rings. The van der Waals surface area contributed by atoms with E-state index in [0.29, 0.717) is 5.69 Å². The predicted octanol–water partition coefficient (Wildman–Crippen LogP) is -0.749. The van der Waals surface area contributed by atoms with Crippen molar-refractivity contribution in [2.24, 2.45) is 0 Å². The largest absolute Gasteiger partial charge is 0.505 e. The van der Waals surface area contributed by atoms with E-state index in [1.165, 1.54) is 12.1 Å². The van der Waals surface area contributed by atoms with E-state index in [-0.39, 0.29) is 11.2 Å². The van der Waals surface area contributed by atoms with Crippen molar-refractivity contribution in [3.8, 4) is 6.07 Å². The van der Waals surface area contributed by atoms with Crippen LogP contribution in [0.5, 0.6) is 0 Å². The molecule has 6 heteroatoms. The summed E-state index contributed by atoms with van der Waals surface area (Å²) in [5.74, 6) is 0. The van der Waals surface area contributed by atoms with Gasteiger partial charge in [0.25, 0.3) is 0 Å². The van der Waals surface area contributed by atoms with Crippen molar-refractivity contribution in [1.82, 2.24) is 4.98 Å². The lowest BCUT2D eigenvalue weighted by Gasteiger charge is -1.92. The molecular formula is C8H8BN3O2. The Morgan fingerprint density at radius 2 is 2.29 bits per heavy atom. The van der Waals surface area contributed by atoms with Gasteiger partial charge < -0.3 is 20.4 Å². The first-order chi connectivity index (χ1) is 6.67. The fourth-order valence-corrected chi connectivity index (χ4v) is 0.938. The van der Waals surface area contributed by atoms with Gasteiger partial charge in [0.1, 0.15) is 6.07 Å². The van der Waals surface area contributed by atoms with E-state index in [0.717, 1.165) is 6.21 Å². The minimum atomic E-state index is -1.55. The minimum Gasteiger partial charge on any atom is -0.422 e. The number of nitriles is 1. The predicted molar refractivity (Wildman–Crippen MR) is 53.0 cm³/mol. The maximum Gasteiger partial charge on any atom is 0.505 e. The fourth-order valence-electron chi connectivity index (χ4n) is 0.938. The summed E-state index contributed by atoms with van der Waals surface area (Å²) in [6.45, 7) is 0. The molecule has 1 aromatic rings. The van der Waals surface area contributed by atoms with Gasteiger partial charge in [-0.15, -0.1) is 0 Å². The average molecular weight is 189 g/mol. The van der Waals surface area contributed by atoms with Gasteiger partial charge in [0.15, 0.2) is 0 Å². The van der Waals surface area contributed by atoms with Crippen LogP contribution in [-0.2, 0) is 0 Å². The molecule has 1 aromatic heterocycles. The van der Waals surface area contributed by atoms with Crippen molar-refractivity contribution in [1.29, 1.82) is 10.7 Å². The van der Waals surface area contributed by atoms with Crippen LogP contribution in [0.3, 0.4) is 0 Å². The lowest BCUT2D eigenvalue weighted by molar-refractivity contribution is 0.424. The number of allylic oxidation sites excluding steroid dienone is 1. The van der Waals surface area contributed by atoms with Gasteiger partial charge in [0, 0.05) is 17.5 Å². The molecule has 1 heterocycles. The summed E-state index contributed by atoms with van der Waals surface area (Å²) >= 11 is 0. The van der Waals surface area contributed by atoms with Crippen molar-refractivity contribution in [2.75, 3.05) is 0 Å². The fraction of sp³-hybridized carbons (Fsp3) is 0. The summed E-state index contributed by atoms with van der Waals surface area (Å²) in [6.07, 6.45) is 2.37. The van der Waals surface area contributed by atoms with Crippen LogP contribution in [0.25, 0.3) is 6.08 Å². The molecule has 0 aliphatic carbocycles. The molecule has 0 bridgehead atoms. The number of rotatable bonds is 3. The molecule has 5 nitrogen and oxygen atoms in total. The third-order valence-corrected chi connectivity index (χ3v) is 1.60. The zero-order valence-electron chi connectivity index (χ0n) is 7.23. The van der Waals surface area contributed by atoms with E-state index in [1.807, 2.05) is 6.07 Å². The Bertz CT molecular complexity index is 403. The van der Waals surface area contributed by atoms with Gasteiger partial charge in [-0.2, -0.15) is 5.26 Å². The number of H-pyrrole nitrogens is 1.